The first-order valence-corrected chi connectivity index (χ1v) is 4.22. The first-order chi connectivity index (χ1) is 7.08. The van der Waals surface area contributed by atoms with Crippen LogP contribution in [0.2, 0.25) is 0 Å². The van der Waals surface area contributed by atoms with Crippen LogP contribution in [0.15, 0.2) is 18.2 Å². The number of hydrogen-bond donors (Lipinski definition) is 1. The molecule has 1 radical (unpaired) electrons. The lowest BCUT2D eigenvalue weighted by molar-refractivity contribution is -0.384. The molecule has 1 atom stereocenters. The average Bonchev–Trinajstić information content (AvgIpc) is 2.27. The smallest absolute Gasteiger partial charge is 0.271 e. The van der Waals surface area contributed by atoms with Crippen LogP contribution in [-0.2, 0) is 0 Å². The van der Waals surface area contributed by atoms with Gasteiger partial charge in [0.05, 0.1) is 16.6 Å². The van der Waals surface area contributed by atoms with E-state index in [1.54, 1.807) is 0 Å². The zero-order valence-electron chi connectivity index (χ0n) is 7.88. The van der Waals surface area contributed by atoms with Crippen LogP contribution in [0.3, 0.4) is 0 Å². The van der Waals surface area contributed by atoms with Gasteiger partial charge in [-0.15, -0.1) is 0 Å². The molecule has 15 heavy (non-hydrogen) atoms. The molecule has 0 saturated heterocycles. The van der Waals surface area contributed by atoms with Gasteiger partial charge in [-0.25, -0.2) is 0 Å². The van der Waals surface area contributed by atoms with Gasteiger partial charge in [0, 0.05) is 24.7 Å². The fraction of sp³-hybridized carbons (Fsp3) is 0.200. The summed E-state index contributed by atoms with van der Waals surface area (Å²) >= 11 is 0. The van der Waals surface area contributed by atoms with Crippen molar-refractivity contribution in [2.75, 3.05) is 6.61 Å². The van der Waals surface area contributed by atoms with E-state index in [4.69, 9.17) is 10.4 Å². The zero-order chi connectivity index (χ0) is 11.4. The molecule has 0 aliphatic rings. The fourth-order valence-corrected chi connectivity index (χ4v) is 1.15. The number of aliphatic hydroxyl groups is 1. The number of rotatable bonds is 3. The van der Waals surface area contributed by atoms with Crippen LogP contribution in [0, 0.1) is 28.4 Å². The second-order valence-corrected chi connectivity index (χ2v) is 3.06. The molecule has 1 unspecified atom stereocenters. The highest BCUT2D eigenvalue weighted by molar-refractivity contribution is 5.45. The molecule has 1 N–H and O–H groups in total. The maximum Gasteiger partial charge on any atom is 0.271 e. The highest BCUT2D eigenvalue weighted by Crippen LogP contribution is 2.22. The normalized spacial score (nSPS) is 11.8. The number of aliphatic hydroxyl groups excluding tert-OH is 1. The lowest BCUT2D eigenvalue weighted by Gasteiger charge is -2.07. The number of benzene rings is 1. The summed E-state index contributed by atoms with van der Waals surface area (Å²) in [7, 11) is 0. The number of hydrogen-bond acceptors (Lipinski definition) is 4. The van der Waals surface area contributed by atoms with Gasteiger partial charge in [-0.3, -0.25) is 10.1 Å². The second kappa shape index (κ2) is 4.53. The summed E-state index contributed by atoms with van der Waals surface area (Å²) in [5.74, 6) is -0.461. The average molecular weight is 205 g/mol. The van der Waals surface area contributed by atoms with Crippen molar-refractivity contribution in [2.24, 2.45) is 0 Å². The van der Waals surface area contributed by atoms with Crippen molar-refractivity contribution >= 4 is 5.69 Å². The van der Waals surface area contributed by atoms with Gasteiger partial charge in [-0.05, 0) is 18.6 Å². The summed E-state index contributed by atoms with van der Waals surface area (Å²) in [4.78, 5) is 9.97. The van der Waals surface area contributed by atoms with Crippen molar-refractivity contribution in [2.45, 2.75) is 5.92 Å². The molecule has 0 amide bonds. The molecule has 77 valence electrons. The van der Waals surface area contributed by atoms with Gasteiger partial charge in [0.1, 0.15) is 0 Å². The van der Waals surface area contributed by atoms with Gasteiger partial charge >= 0.3 is 0 Å². The largest absolute Gasteiger partial charge is 0.396 e. The summed E-state index contributed by atoms with van der Waals surface area (Å²) < 4.78 is 0. The molecule has 1 rings (SSSR count). The highest BCUT2D eigenvalue weighted by Gasteiger charge is 2.13. The summed E-state index contributed by atoms with van der Waals surface area (Å²) in [5, 5.41) is 28.1. The van der Waals surface area contributed by atoms with E-state index in [1.165, 1.54) is 18.2 Å². The SMILES string of the molecule is [CH2]C(CO)c1cc(C#N)cc([N+](=O)[O-])c1. The van der Waals surface area contributed by atoms with Gasteiger partial charge < -0.3 is 5.11 Å². The van der Waals surface area contributed by atoms with Gasteiger partial charge in [0.25, 0.3) is 5.69 Å². The van der Waals surface area contributed by atoms with Crippen LogP contribution in [0.4, 0.5) is 5.69 Å². The molecule has 0 spiro atoms. The van der Waals surface area contributed by atoms with Crippen LogP contribution in [0.25, 0.3) is 0 Å². The van der Waals surface area contributed by atoms with E-state index in [2.05, 4.69) is 6.92 Å². The van der Waals surface area contributed by atoms with Crippen LogP contribution in [0.1, 0.15) is 17.0 Å². The van der Waals surface area contributed by atoms with E-state index < -0.39 is 10.8 Å². The van der Waals surface area contributed by atoms with E-state index in [0.717, 1.165) is 0 Å². The fourth-order valence-electron chi connectivity index (χ4n) is 1.15. The number of nitro groups is 1. The molecule has 1 aromatic rings. The highest BCUT2D eigenvalue weighted by atomic mass is 16.6. The molecule has 0 heterocycles. The minimum atomic E-state index is -0.575. The van der Waals surface area contributed by atoms with E-state index in [0.29, 0.717) is 5.56 Å². The molecular formula is C10H9N2O3. The number of non-ortho nitro benzene ring substituents is 1. The van der Waals surface area contributed by atoms with Gasteiger partial charge in [-0.1, -0.05) is 0 Å². The lowest BCUT2D eigenvalue weighted by atomic mass is 9.99. The molecule has 0 bridgehead atoms. The van der Waals surface area contributed by atoms with Crippen molar-refractivity contribution in [1.29, 1.82) is 5.26 Å². The van der Waals surface area contributed by atoms with Crippen molar-refractivity contribution < 1.29 is 10.0 Å². The molecule has 0 saturated carbocycles. The summed E-state index contributed by atoms with van der Waals surface area (Å²) in [6, 6.07) is 5.82. The molecule has 0 aliphatic carbocycles. The molecule has 0 fully saturated rings. The van der Waals surface area contributed by atoms with Gasteiger partial charge in [-0.2, -0.15) is 5.26 Å². The predicted molar refractivity (Wildman–Crippen MR) is 53.0 cm³/mol. The Bertz CT molecular complexity index is 423. The van der Waals surface area contributed by atoms with Crippen molar-refractivity contribution in [1.82, 2.24) is 0 Å². The minimum Gasteiger partial charge on any atom is -0.396 e. The Labute approximate surface area is 86.7 Å². The summed E-state index contributed by atoms with van der Waals surface area (Å²) in [6.07, 6.45) is 0. The number of nitro benzene ring substituents is 1. The van der Waals surface area contributed by atoms with E-state index in [-0.39, 0.29) is 17.9 Å². The van der Waals surface area contributed by atoms with Crippen molar-refractivity contribution in [3.8, 4) is 6.07 Å². The third kappa shape index (κ3) is 2.51. The second-order valence-electron chi connectivity index (χ2n) is 3.06. The topological polar surface area (TPSA) is 87.2 Å². The van der Waals surface area contributed by atoms with Gasteiger partial charge in [0.15, 0.2) is 0 Å². The Morgan fingerprint density at radius 3 is 2.73 bits per heavy atom. The maximum absolute atomic E-state index is 10.5. The van der Waals surface area contributed by atoms with Gasteiger partial charge in [0.2, 0.25) is 0 Å². The van der Waals surface area contributed by atoms with Crippen LogP contribution in [0.5, 0.6) is 0 Å². The lowest BCUT2D eigenvalue weighted by Crippen LogP contribution is -2.01. The Kier molecular flexibility index (Phi) is 3.37. The molecule has 0 aliphatic heterocycles. The van der Waals surface area contributed by atoms with Crippen LogP contribution in [-0.4, -0.2) is 16.6 Å². The monoisotopic (exact) mass is 205 g/mol. The van der Waals surface area contributed by atoms with Crippen molar-refractivity contribution in [3.05, 3.63) is 46.4 Å². The Morgan fingerprint density at radius 1 is 1.60 bits per heavy atom. The zero-order valence-corrected chi connectivity index (χ0v) is 7.88. The van der Waals surface area contributed by atoms with E-state index in [1.807, 2.05) is 6.07 Å². The number of nitriles is 1. The van der Waals surface area contributed by atoms with Crippen molar-refractivity contribution in [3.63, 3.8) is 0 Å². The maximum atomic E-state index is 10.5. The van der Waals surface area contributed by atoms with Crippen LogP contribution >= 0.6 is 0 Å². The predicted octanol–water partition coefficient (Wildman–Crippen LogP) is 1.38. The van der Waals surface area contributed by atoms with Crippen LogP contribution < -0.4 is 0 Å². The molecule has 5 nitrogen and oxygen atoms in total. The molecule has 0 aromatic heterocycles. The molecule has 5 heteroatoms. The Hall–Kier alpha value is -1.93. The first kappa shape index (κ1) is 11.1. The summed E-state index contributed by atoms with van der Waals surface area (Å²) in [5.41, 5.74) is 0.524. The summed E-state index contributed by atoms with van der Waals surface area (Å²) in [6.45, 7) is 3.40. The van der Waals surface area contributed by atoms with E-state index in [9.17, 15) is 10.1 Å². The Morgan fingerprint density at radius 2 is 2.27 bits per heavy atom. The molecular weight excluding hydrogens is 196 g/mol. The Balaban J connectivity index is 3.24. The quantitative estimate of drug-likeness (QED) is 0.596. The molecule has 1 aromatic carbocycles. The van der Waals surface area contributed by atoms with E-state index >= 15 is 0 Å². The third-order valence-corrected chi connectivity index (χ3v) is 1.97. The third-order valence-electron chi connectivity index (χ3n) is 1.97. The number of nitrogens with zero attached hydrogens (tertiary/aromatic N) is 2. The minimum absolute atomic E-state index is 0.161. The standard InChI is InChI=1S/C10H9N2O3/c1-7(6-13)9-2-8(5-11)3-10(4-9)12(14)15/h2-4,7,13H,1,6H2. The first-order valence-electron chi connectivity index (χ1n) is 4.22.